The summed E-state index contributed by atoms with van der Waals surface area (Å²) in [4.78, 5) is 1.78. The molecule has 6 heteroatoms. The molecule has 0 N–H and O–H groups in total. The summed E-state index contributed by atoms with van der Waals surface area (Å²) in [7, 11) is 0. The molecule has 0 fully saturated rings. The van der Waals surface area contributed by atoms with Crippen molar-refractivity contribution in [2.45, 2.75) is 52.4 Å². The van der Waals surface area contributed by atoms with E-state index >= 15 is 0 Å². The predicted octanol–water partition coefficient (Wildman–Crippen LogP) is 15.9. The van der Waals surface area contributed by atoms with Gasteiger partial charge in [0, 0.05) is 26.9 Å². The molecule has 0 bridgehead atoms. The highest BCUT2D eigenvalue weighted by Gasteiger charge is 2.34. The minimum absolute atomic E-state index is 0.0553. The van der Waals surface area contributed by atoms with E-state index in [0.717, 1.165) is 14.4 Å². The Kier molecular flexibility index (Phi) is 3.82. The quantitative estimate of drug-likeness (QED) is 0.178. The van der Waals surface area contributed by atoms with E-state index < -0.39 is 239 Å². The zero-order valence-corrected chi connectivity index (χ0v) is 32.3. The standard InChI is InChI=1S/C52H42ClN3O2/c1-51(2,3)31-25-26-46-37(27-31)45(30-57-46)55(42-23-14-18-36-34-16-8-12-24-47(34)58-50(36)42)44-29-32(52(4,5)6)28-43(48(44)53)54-39-20-10-11-21-40(39)56-38-19-9-7-15-33(38)35-17-13-22-41(54)49(35)56/h7-30H,1-6H3/i7D,8D,9D,10D,11D,12D,13D,14D,15D,16D,17D,18D,19D,20D,21D,22D,23D,24D,25D,26D,27D,28D,29D,30D. The van der Waals surface area contributed by atoms with Gasteiger partial charge in [-0.05, 0) is 82.4 Å². The van der Waals surface area contributed by atoms with Crippen LogP contribution in [0, 0.1) is 0 Å². The fourth-order valence-corrected chi connectivity index (χ4v) is 7.46. The highest BCUT2D eigenvalue weighted by atomic mass is 35.5. The average molecular weight is 801 g/mol. The van der Waals surface area contributed by atoms with Gasteiger partial charge in [-0.2, -0.15) is 0 Å². The fraction of sp³-hybridized carbons (Fsp3) is 0.154. The Morgan fingerprint density at radius 3 is 2.02 bits per heavy atom. The van der Waals surface area contributed by atoms with E-state index in [2.05, 4.69) is 0 Å². The van der Waals surface area contributed by atoms with E-state index in [9.17, 15) is 19.2 Å². The molecule has 58 heavy (non-hydrogen) atoms. The molecule has 11 rings (SSSR count). The summed E-state index contributed by atoms with van der Waals surface area (Å²) in [5.74, 6) is 0. The van der Waals surface area contributed by atoms with Crippen LogP contribution < -0.4 is 9.80 Å². The largest absolute Gasteiger partial charge is 0.462 e. The molecule has 0 unspecified atom stereocenters. The van der Waals surface area contributed by atoms with Gasteiger partial charge in [0.1, 0.15) is 18.8 Å². The minimum Gasteiger partial charge on any atom is -0.462 e. The molecule has 284 valence electrons. The SMILES string of the molecule is [2H]c1oc2c([2H])c([2H])c(C(C)(C)C)c([2H])c2c1N(c1c([2H])c(C(C)(C)C)c([2H])c(N2c3c([2H])c([2H])c([2H])c([2H])c3-n3c4c([2H])c([2H])c([2H])c([2H])c4c4c([2H])c([2H])c([2H])c2c43)c1Cl)c1c([2H])c([2H])c([2H])c2c1oc1c([2H])c([2H])c([2H])c([2H])c12. The smallest absolute Gasteiger partial charge is 0.159 e. The summed E-state index contributed by atoms with van der Waals surface area (Å²) < 4.78 is 237. The van der Waals surface area contributed by atoms with Crippen LogP contribution in [0.1, 0.15) is 85.6 Å². The molecule has 0 saturated heterocycles. The maximum atomic E-state index is 10.4. The zero-order chi connectivity index (χ0) is 60.5. The predicted molar refractivity (Wildman–Crippen MR) is 243 cm³/mol. The topological polar surface area (TPSA) is 37.7 Å². The molecule has 1 aliphatic heterocycles. The molecule has 0 spiro atoms. The number of rotatable bonds is 4. The third-order valence-electron chi connectivity index (χ3n) is 9.99. The highest BCUT2D eigenvalue weighted by molar-refractivity contribution is 6.37. The average Bonchev–Trinajstić information content (AvgIpc) is 1.45. The Morgan fingerprint density at radius 1 is 0.534 bits per heavy atom. The molecule has 0 amide bonds. The van der Waals surface area contributed by atoms with Crippen LogP contribution in [-0.2, 0) is 10.8 Å². The number of aromatic nitrogens is 1. The second-order valence-corrected chi connectivity index (χ2v) is 16.1. The Bertz CT molecular complexity index is 4690. The lowest BCUT2D eigenvalue weighted by molar-refractivity contribution is 0.589. The summed E-state index contributed by atoms with van der Waals surface area (Å²) >= 11 is 7.90. The molecule has 0 aliphatic carbocycles. The van der Waals surface area contributed by atoms with Gasteiger partial charge in [0.2, 0.25) is 0 Å². The summed E-state index contributed by atoms with van der Waals surface area (Å²) in [5, 5.41) is -2.88. The first-order valence-electron chi connectivity index (χ1n) is 30.0. The molecular formula is C52H42ClN3O2. The van der Waals surface area contributed by atoms with E-state index in [1.807, 2.05) is 0 Å². The molecule has 5 nitrogen and oxygen atoms in total. The Morgan fingerprint density at radius 2 is 1.21 bits per heavy atom. The van der Waals surface area contributed by atoms with Crippen molar-refractivity contribution in [2.24, 2.45) is 0 Å². The van der Waals surface area contributed by atoms with Crippen LogP contribution in [0.2, 0.25) is 5.02 Å². The van der Waals surface area contributed by atoms with Crippen LogP contribution in [-0.4, -0.2) is 4.57 Å². The van der Waals surface area contributed by atoms with E-state index in [1.54, 1.807) is 41.5 Å². The Balaban J connectivity index is 1.45. The highest BCUT2D eigenvalue weighted by Crippen LogP contribution is 2.55. The molecule has 0 atom stereocenters. The maximum Gasteiger partial charge on any atom is 0.159 e. The molecule has 3 aromatic heterocycles. The van der Waals surface area contributed by atoms with Crippen molar-refractivity contribution in [3.05, 3.63) is 161 Å². The normalized spacial score (nSPS) is 18.8. The van der Waals surface area contributed by atoms with Gasteiger partial charge in [-0.25, -0.2) is 0 Å². The maximum absolute atomic E-state index is 10.4. The first-order valence-corrected chi connectivity index (χ1v) is 18.4. The van der Waals surface area contributed by atoms with Crippen molar-refractivity contribution in [1.29, 1.82) is 0 Å². The van der Waals surface area contributed by atoms with E-state index in [0.29, 0.717) is 0 Å². The van der Waals surface area contributed by atoms with E-state index in [1.165, 1.54) is 0 Å². The van der Waals surface area contributed by atoms with E-state index in [-0.39, 0.29) is 27.4 Å². The minimum atomic E-state index is -1.41. The summed E-state index contributed by atoms with van der Waals surface area (Å²) in [6.07, 6.45) is -0.942. The number of benzene rings is 7. The van der Waals surface area contributed by atoms with Crippen LogP contribution in [0.25, 0.3) is 60.4 Å². The molecule has 1 aliphatic rings. The molecule has 10 aromatic rings. The number of hydrogen-bond acceptors (Lipinski definition) is 4. The first kappa shape index (κ1) is 18.0. The molecule has 7 aromatic carbocycles. The van der Waals surface area contributed by atoms with Crippen molar-refractivity contribution in [3.8, 4) is 5.69 Å². The van der Waals surface area contributed by atoms with Crippen LogP contribution in [0.3, 0.4) is 0 Å². The fourth-order valence-electron chi connectivity index (χ4n) is 7.20. The summed E-state index contributed by atoms with van der Waals surface area (Å²) in [6, 6.07) is -17.6. The number of furan rings is 2. The van der Waals surface area contributed by atoms with Gasteiger partial charge in [-0.1, -0.05) is 132 Å². The van der Waals surface area contributed by atoms with Crippen molar-refractivity contribution >= 4 is 100 Å². The first-order chi connectivity index (χ1) is 38.0. The lowest BCUT2D eigenvalue weighted by Crippen LogP contribution is -2.21. The molecular weight excluding hydrogens is 734 g/mol. The monoisotopic (exact) mass is 799 g/mol. The van der Waals surface area contributed by atoms with Crippen molar-refractivity contribution < 1.29 is 41.7 Å². The van der Waals surface area contributed by atoms with Crippen molar-refractivity contribution in [2.75, 3.05) is 9.80 Å². The van der Waals surface area contributed by atoms with Gasteiger partial charge in [0.05, 0.1) is 87.4 Å². The number of nitrogens with zero attached hydrogens (tertiary/aromatic N) is 3. The van der Waals surface area contributed by atoms with Gasteiger partial charge in [-0.15, -0.1) is 0 Å². The van der Waals surface area contributed by atoms with Crippen LogP contribution >= 0.6 is 11.6 Å². The second-order valence-electron chi connectivity index (χ2n) is 15.8. The van der Waals surface area contributed by atoms with Gasteiger partial charge in [0.15, 0.2) is 5.58 Å². The van der Waals surface area contributed by atoms with Crippen LogP contribution in [0.15, 0.2) is 154 Å². The Hall–Kier alpha value is -6.43. The number of halogens is 1. The van der Waals surface area contributed by atoms with Gasteiger partial charge >= 0.3 is 0 Å². The zero-order valence-electron chi connectivity index (χ0n) is 55.5. The number of anilines is 6. The summed E-state index contributed by atoms with van der Waals surface area (Å²) in [5.41, 5.74) is -9.81. The lowest BCUT2D eigenvalue weighted by Gasteiger charge is -2.36. The van der Waals surface area contributed by atoms with Gasteiger partial charge in [-0.3, -0.25) is 0 Å². The van der Waals surface area contributed by atoms with Crippen LogP contribution in [0.5, 0.6) is 0 Å². The molecule has 0 radical (unpaired) electrons. The Labute approximate surface area is 376 Å². The lowest BCUT2D eigenvalue weighted by atomic mass is 9.85. The second kappa shape index (κ2) is 12.3. The van der Waals surface area contributed by atoms with Crippen molar-refractivity contribution in [3.63, 3.8) is 0 Å². The van der Waals surface area contributed by atoms with E-state index in [4.69, 9.17) is 34.1 Å². The van der Waals surface area contributed by atoms with Crippen LogP contribution in [0.4, 0.5) is 34.1 Å². The van der Waals surface area contributed by atoms with Gasteiger partial charge in [0.25, 0.3) is 0 Å². The molecule has 4 heterocycles. The number of fused-ring (bicyclic) bond motifs is 9. The summed E-state index contributed by atoms with van der Waals surface area (Å²) in [6.45, 7) is 9.67. The van der Waals surface area contributed by atoms with Crippen molar-refractivity contribution in [1.82, 2.24) is 4.57 Å². The number of para-hydroxylation sites is 6. The third-order valence-corrected chi connectivity index (χ3v) is 10.4. The van der Waals surface area contributed by atoms with Gasteiger partial charge < -0.3 is 23.2 Å². The number of hydrogen-bond donors (Lipinski definition) is 0. The third kappa shape index (κ3) is 5.02. The molecule has 0 saturated carbocycles.